The summed E-state index contributed by atoms with van der Waals surface area (Å²) in [5.74, 6) is 1.20. The zero-order valence-corrected chi connectivity index (χ0v) is 9.99. The van der Waals surface area contributed by atoms with Crippen molar-refractivity contribution in [3.63, 3.8) is 0 Å². The van der Waals surface area contributed by atoms with E-state index in [1.54, 1.807) is 14.2 Å². The van der Waals surface area contributed by atoms with Crippen LogP contribution in [0.15, 0.2) is 10.5 Å². The van der Waals surface area contributed by atoms with Crippen LogP contribution >= 0.6 is 27.5 Å². The minimum atomic E-state index is 0.574. The van der Waals surface area contributed by atoms with Gasteiger partial charge in [-0.1, -0.05) is 27.5 Å². The van der Waals surface area contributed by atoms with Crippen LogP contribution in [0.2, 0.25) is 5.02 Å². The van der Waals surface area contributed by atoms with Crippen LogP contribution in [0.4, 0.5) is 0 Å². The molecule has 0 aromatic heterocycles. The Kier molecular flexibility index (Phi) is 3.45. The molecule has 0 radical (unpaired) electrons. The Morgan fingerprint density at radius 3 is 2.38 bits per heavy atom. The van der Waals surface area contributed by atoms with Gasteiger partial charge in [-0.25, -0.2) is 0 Å². The predicted octanol–water partition coefficient (Wildman–Crippen LogP) is 3.43. The number of methoxy groups -OCH3 is 2. The van der Waals surface area contributed by atoms with Crippen LogP contribution in [0.3, 0.4) is 0 Å². The standard InChI is InChI=1S/C9H10BrClO2/c1-5-6(10)4-7(12-2)9(13-3)8(5)11/h4H,1-3H3. The average molecular weight is 266 g/mol. The van der Waals surface area contributed by atoms with Gasteiger partial charge in [0.2, 0.25) is 0 Å². The molecule has 0 fully saturated rings. The van der Waals surface area contributed by atoms with Crippen molar-refractivity contribution in [2.24, 2.45) is 0 Å². The van der Waals surface area contributed by atoms with Crippen LogP contribution in [0.1, 0.15) is 5.56 Å². The summed E-state index contributed by atoms with van der Waals surface area (Å²) in [6.07, 6.45) is 0. The van der Waals surface area contributed by atoms with Gasteiger partial charge in [-0.2, -0.15) is 0 Å². The highest BCUT2D eigenvalue weighted by molar-refractivity contribution is 9.10. The van der Waals surface area contributed by atoms with E-state index in [0.717, 1.165) is 10.0 Å². The molecule has 0 atom stereocenters. The Morgan fingerprint density at radius 1 is 1.31 bits per heavy atom. The van der Waals surface area contributed by atoms with Crippen LogP contribution in [0.5, 0.6) is 11.5 Å². The van der Waals surface area contributed by atoms with E-state index in [-0.39, 0.29) is 0 Å². The van der Waals surface area contributed by atoms with Crippen molar-refractivity contribution in [2.75, 3.05) is 14.2 Å². The van der Waals surface area contributed by atoms with Gasteiger partial charge in [-0.15, -0.1) is 0 Å². The second kappa shape index (κ2) is 4.20. The Bertz CT molecular complexity index is 326. The molecule has 0 unspecified atom stereocenters. The Balaban J connectivity index is 3.39. The van der Waals surface area contributed by atoms with Crippen molar-refractivity contribution in [3.8, 4) is 11.5 Å². The molecule has 0 aliphatic heterocycles. The van der Waals surface area contributed by atoms with Gasteiger partial charge in [0, 0.05) is 4.47 Å². The van der Waals surface area contributed by atoms with Gasteiger partial charge in [-0.3, -0.25) is 0 Å². The average Bonchev–Trinajstić information content (AvgIpc) is 2.13. The van der Waals surface area contributed by atoms with E-state index in [2.05, 4.69) is 15.9 Å². The summed E-state index contributed by atoms with van der Waals surface area (Å²) >= 11 is 9.43. The molecule has 0 amide bonds. The highest BCUT2D eigenvalue weighted by Crippen LogP contribution is 2.40. The molecule has 0 aliphatic carbocycles. The number of rotatable bonds is 2. The van der Waals surface area contributed by atoms with Gasteiger partial charge >= 0.3 is 0 Å². The van der Waals surface area contributed by atoms with Crippen molar-refractivity contribution in [1.29, 1.82) is 0 Å². The first-order valence-corrected chi connectivity index (χ1v) is 4.85. The van der Waals surface area contributed by atoms with E-state index in [4.69, 9.17) is 21.1 Å². The first-order valence-electron chi connectivity index (χ1n) is 3.68. The van der Waals surface area contributed by atoms with Crippen LogP contribution in [-0.4, -0.2) is 14.2 Å². The maximum atomic E-state index is 6.05. The highest BCUT2D eigenvalue weighted by Gasteiger charge is 2.13. The molecule has 4 heteroatoms. The molecule has 1 aromatic rings. The molecule has 0 N–H and O–H groups in total. The number of benzene rings is 1. The van der Waals surface area contributed by atoms with E-state index in [0.29, 0.717) is 16.5 Å². The minimum Gasteiger partial charge on any atom is -0.493 e. The highest BCUT2D eigenvalue weighted by atomic mass is 79.9. The number of hydrogen-bond acceptors (Lipinski definition) is 2. The maximum absolute atomic E-state index is 6.05. The lowest BCUT2D eigenvalue weighted by molar-refractivity contribution is 0.354. The van der Waals surface area contributed by atoms with Crippen molar-refractivity contribution in [2.45, 2.75) is 6.92 Å². The summed E-state index contributed by atoms with van der Waals surface area (Å²) in [4.78, 5) is 0. The third kappa shape index (κ3) is 1.92. The van der Waals surface area contributed by atoms with E-state index < -0.39 is 0 Å². The second-order valence-corrected chi connectivity index (χ2v) is 3.77. The van der Waals surface area contributed by atoms with Gasteiger partial charge in [0.25, 0.3) is 0 Å². The fourth-order valence-corrected chi connectivity index (χ4v) is 1.81. The summed E-state index contributed by atoms with van der Waals surface area (Å²) < 4.78 is 11.2. The smallest absolute Gasteiger partial charge is 0.179 e. The molecular formula is C9H10BrClO2. The van der Waals surface area contributed by atoms with Gasteiger partial charge < -0.3 is 9.47 Å². The third-order valence-corrected chi connectivity index (χ3v) is 3.07. The van der Waals surface area contributed by atoms with E-state index in [1.165, 1.54) is 0 Å². The van der Waals surface area contributed by atoms with Crippen molar-refractivity contribution < 1.29 is 9.47 Å². The zero-order valence-electron chi connectivity index (χ0n) is 7.65. The monoisotopic (exact) mass is 264 g/mol. The summed E-state index contributed by atoms with van der Waals surface area (Å²) in [5.41, 5.74) is 0.944. The summed E-state index contributed by atoms with van der Waals surface area (Å²) in [6, 6.07) is 1.83. The molecular weight excluding hydrogens is 255 g/mol. The zero-order chi connectivity index (χ0) is 10.0. The molecule has 0 heterocycles. The summed E-state index contributed by atoms with van der Waals surface area (Å²) in [6.45, 7) is 1.91. The SMILES string of the molecule is COc1cc(Br)c(C)c(Cl)c1OC. The summed E-state index contributed by atoms with van der Waals surface area (Å²) in [5, 5.41) is 0.578. The molecule has 1 rings (SSSR count). The maximum Gasteiger partial charge on any atom is 0.179 e. The molecule has 72 valence electrons. The minimum absolute atomic E-state index is 0.574. The topological polar surface area (TPSA) is 18.5 Å². The third-order valence-electron chi connectivity index (χ3n) is 1.79. The molecule has 0 bridgehead atoms. The molecule has 0 aliphatic rings. The molecule has 13 heavy (non-hydrogen) atoms. The first-order chi connectivity index (χ1) is 6.11. The lowest BCUT2D eigenvalue weighted by atomic mass is 10.2. The van der Waals surface area contributed by atoms with Crippen molar-refractivity contribution >= 4 is 27.5 Å². The van der Waals surface area contributed by atoms with Crippen molar-refractivity contribution in [1.82, 2.24) is 0 Å². The Morgan fingerprint density at radius 2 is 1.92 bits per heavy atom. The van der Waals surface area contributed by atoms with Crippen LogP contribution < -0.4 is 9.47 Å². The van der Waals surface area contributed by atoms with Crippen LogP contribution in [-0.2, 0) is 0 Å². The second-order valence-electron chi connectivity index (χ2n) is 2.53. The molecule has 0 saturated heterocycles. The Labute approximate surface area is 90.9 Å². The fraction of sp³-hybridized carbons (Fsp3) is 0.333. The van der Waals surface area contributed by atoms with E-state index in [9.17, 15) is 0 Å². The van der Waals surface area contributed by atoms with E-state index >= 15 is 0 Å². The predicted molar refractivity (Wildman–Crippen MR) is 57.0 cm³/mol. The van der Waals surface area contributed by atoms with Crippen LogP contribution in [0, 0.1) is 6.92 Å². The van der Waals surface area contributed by atoms with E-state index in [1.807, 2.05) is 13.0 Å². The Hall–Kier alpha value is -0.410. The van der Waals surface area contributed by atoms with Gasteiger partial charge in [-0.05, 0) is 18.6 Å². The van der Waals surface area contributed by atoms with Crippen molar-refractivity contribution in [3.05, 3.63) is 21.1 Å². The number of ether oxygens (including phenoxy) is 2. The number of hydrogen-bond donors (Lipinski definition) is 0. The van der Waals surface area contributed by atoms with Gasteiger partial charge in [0.05, 0.1) is 19.2 Å². The largest absolute Gasteiger partial charge is 0.493 e. The molecule has 0 spiro atoms. The lowest BCUT2D eigenvalue weighted by Gasteiger charge is -2.12. The normalized spacial score (nSPS) is 9.92. The first kappa shape index (κ1) is 10.7. The molecule has 2 nitrogen and oxygen atoms in total. The fourth-order valence-electron chi connectivity index (χ4n) is 1.01. The van der Waals surface area contributed by atoms with Gasteiger partial charge in [0.1, 0.15) is 0 Å². The number of halogens is 2. The summed E-state index contributed by atoms with van der Waals surface area (Å²) in [7, 11) is 3.15. The molecule has 1 aromatic carbocycles. The quantitative estimate of drug-likeness (QED) is 0.816. The van der Waals surface area contributed by atoms with Gasteiger partial charge in [0.15, 0.2) is 11.5 Å². The lowest BCUT2D eigenvalue weighted by Crippen LogP contribution is -1.93. The van der Waals surface area contributed by atoms with Crippen LogP contribution in [0.25, 0.3) is 0 Å². The molecule has 0 saturated carbocycles.